The number of halogens is 6. The fourth-order valence-electron chi connectivity index (χ4n) is 9.82. The monoisotopic (exact) mass is 955 g/mol. The molecule has 12 aromatic rings. The third-order valence-corrected chi connectivity index (χ3v) is 13.4. The Morgan fingerprint density at radius 1 is 0.319 bits per heavy atom. The molecule has 0 aliphatic carbocycles. The Morgan fingerprint density at radius 3 is 1.12 bits per heavy atom. The molecule has 0 N–H and O–H groups in total. The molecule has 0 unspecified atom stereocenters. The number of fused-ring (bicyclic) bond motifs is 6. The zero-order valence-electron chi connectivity index (χ0n) is 38.6. The van der Waals surface area contributed by atoms with Crippen molar-refractivity contribution in [1.82, 2.24) is 24.1 Å². The Hall–Kier alpha value is -8.83. The topological polar surface area (TPSA) is 48.5 Å². The van der Waals surface area contributed by atoms with Crippen molar-refractivity contribution in [3.05, 3.63) is 222 Å². The van der Waals surface area contributed by atoms with Gasteiger partial charge >= 0.3 is 12.4 Å². The van der Waals surface area contributed by atoms with Gasteiger partial charge in [0.1, 0.15) is 0 Å². The molecule has 11 heteroatoms. The van der Waals surface area contributed by atoms with E-state index in [1.54, 1.807) is 30.3 Å². The number of aryl methyl sites for hydroxylation is 2. The minimum Gasteiger partial charge on any atom is -0.309 e. The third-order valence-electron chi connectivity index (χ3n) is 13.4. The van der Waals surface area contributed by atoms with E-state index < -0.39 is 23.5 Å². The maximum absolute atomic E-state index is 15.0. The van der Waals surface area contributed by atoms with Gasteiger partial charge in [-0.1, -0.05) is 139 Å². The van der Waals surface area contributed by atoms with Crippen LogP contribution in [0, 0.1) is 13.8 Å². The molecule has 72 heavy (non-hydrogen) atoms. The predicted octanol–water partition coefficient (Wildman–Crippen LogP) is 17.1. The fraction of sp³-hybridized carbons (Fsp3) is 0.0656. The Bertz CT molecular complexity index is 3830. The first-order chi connectivity index (χ1) is 34.8. The molecular formula is C61H39F6N5. The summed E-state index contributed by atoms with van der Waals surface area (Å²) >= 11 is 0. The van der Waals surface area contributed by atoms with Gasteiger partial charge < -0.3 is 9.13 Å². The van der Waals surface area contributed by atoms with E-state index in [0.29, 0.717) is 39.0 Å². The average Bonchev–Trinajstić information content (AvgIpc) is 3.90. The Morgan fingerprint density at radius 2 is 0.694 bits per heavy atom. The van der Waals surface area contributed by atoms with Crippen molar-refractivity contribution in [2.75, 3.05) is 0 Å². The molecular weight excluding hydrogens is 917 g/mol. The minimum atomic E-state index is -4.78. The molecule has 0 amide bonds. The van der Waals surface area contributed by atoms with Gasteiger partial charge in [-0.3, -0.25) is 0 Å². The molecule has 0 saturated carbocycles. The van der Waals surface area contributed by atoms with E-state index in [9.17, 15) is 26.3 Å². The van der Waals surface area contributed by atoms with Crippen LogP contribution in [0.1, 0.15) is 22.3 Å². The Labute approximate surface area is 409 Å². The number of benzene rings is 9. The van der Waals surface area contributed by atoms with Crippen molar-refractivity contribution in [3.63, 3.8) is 0 Å². The van der Waals surface area contributed by atoms with E-state index in [1.807, 2.05) is 144 Å². The highest BCUT2D eigenvalue weighted by Gasteiger charge is 2.34. The number of rotatable bonds is 7. The first-order valence-corrected chi connectivity index (χ1v) is 23.2. The summed E-state index contributed by atoms with van der Waals surface area (Å²) in [7, 11) is 0. The van der Waals surface area contributed by atoms with Gasteiger partial charge in [-0.25, -0.2) is 15.0 Å². The highest BCUT2D eigenvalue weighted by atomic mass is 19.4. The quantitative estimate of drug-likeness (QED) is 0.150. The Balaban J connectivity index is 1.13. The molecule has 0 aliphatic heterocycles. The second-order valence-corrected chi connectivity index (χ2v) is 18.0. The van der Waals surface area contributed by atoms with E-state index >= 15 is 0 Å². The van der Waals surface area contributed by atoms with Crippen LogP contribution < -0.4 is 0 Å². The minimum absolute atomic E-state index is 0.00931. The van der Waals surface area contributed by atoms with Crippen LogP contribution in [0.4, 0.5) is 26.3 Å². The number of para-hydroxylation sites is 2. The normalized spacial score (nSPS) is 12.2. The lowest BCUT2D eigenvalue weighted by Gasteiger charge is -2.19. The van der Waals surface area contributed by atoms with Gasteiger partial charge in [0.25, 0.3) is 0 Å². The van der Waals surface area contributed by atoms with E-state index in [-0.39, 0.29) is 28.6 Å². The van der Waals surface area contributed by atoms with Crippen molar-refractivity contribution in [2.24, 2.45) is 0 Å². The summed E-state index contributed by atoms with van der Waals surface area (Å²) in [6.07, 6.45) is -9.56. The fourth-order valence-corrected chi connectivity index (χ4v) is 9.82. The van der Waals surface area contributed by atoms with Crippen LogP contribution >= 0.6 is 0 Å². The van der Waals surface area contributed by atoms with E-state index in [1.165, 1.54) is 12.1 Å². The lowest BCUT2D eigenvalue weighted by atomic mass is 10.0. The van der Waals surface area contributed by atoms with Crippen LogP contribution in [0.3, 0.4) is 0 Å². The van der Waals surface area contributed by atoms with Crippen LogP contribution in [0.2, 0.25) is 0 Å². The summed E-state index contributed by atoms with van der Waals surface area (Å²) < 4.78 is 93.6. The maximum Gasteiger partial charge on any atom is 0.416 e. The molecule has 12 rings (SSSR count). The molecule has 0 radical (unpaired) electrons. The van der Waals surface area contributed by atoms with E-state index in [0.717, 1.165) is 79.2 Å². The molecule has 3 aromatic heterocycles. The lowest BCUT2D eigenvalue weighted by molar-refractivity contribution is -0.138. The van der Waals surface area contributed by atoms with Crippen LogP contribution in [0.15, 0.2) is 200 Å². The van der Waals surface area contributed by atoms with Crippen molar-refractivity contribution >= 4 is 43.6 Å². The highest BCUT2D eigenvalue weighted by molar-refractivity contribution is 6.12. The van der Waals surface area contributed by atoms with Gasteiger partial charge in [-0.15, -0.1) is 0 Å². The van der Waals surface area contributed by atoms with E-state index in [4.69, 9.17) is 15.0 Å². The van der Waals surface area contributed by atoms with Gasteiger partial charge in [0.15, 0.2) is 17.5 Å². The van der Waals surface area contributed by atoms with Crippen molar-refractivity contribution in [2.45, 2.75) is 26.2 Å². The second-order valence-electron chi connectivity index (χ2n) is 18.0. The first-order valence-electron chi connectivity index (χ1n) is 23.2. The largest absolute Gasteiger partial charge is 0.416 e. The van der Waals surface area contributed by atoms with Gasteiger partial charge in [0, 0.05) is 38.2 Å². The second kappa shape index (κ2) is 16.9. The van der Waals surface area contributed by atoms with Crippen molar-refractivity contribution in [3.8, 4) is 67.8 Å². The number of hydrogen-bond acceptors (Lipinski definition) is 3. The van der Waals surface area contributed by atoms with Crippen molar-refractivity contribution in [1.29, 1.82) is 0 Å². The predicted molar refractivity (Wildman–Crippen MR) is 275 cm³/mol. The van der Waals surface area contributed by atoms with Gasteiger partial charge in [-0.05, 0) is 109 Å². The molecule has 0 saturated heterocycles. The van der Waals surface area contributed by atoms with Gasteiger partial charge in [-0.2, -0.15) is 26.3 Å². The molecule has 9 aromatic carbocycles. The molecule has 0 fully saturated rings. The van der Waals surface area contributed by atoms with Crippen LogP contribution in [-0.2, 0) is 12.4 Å². The molecule has 0 bridgehead atoms. The van der Waals surface area contributed by atoms with E-state index in [2.05, 4.69) is 12.1 Å². The Kier molecular flexibility index (Phi) is 10.4. The molecule has 350 valence electrons. The van der Waals surface area contributed by atoms with Crippen molar-refractivity contribution < 1.29 is 26.3 Å². The zero-order valence-corrected chi connectivity index (χ0v) is 38.6. The molecule has 3 heterocycles. The average molecular weight is 956 g/mol. The summed E-state index contributed by atoms with van der Waals surface area (Å²) in [5.74, 6) is -0.289. The summed E-state index contributed by atoms with van der Waals surface area (Å²) in [4.78, 5) is 14.7. The van der Waals surface area contributed by atoms with Crippen LogP contribution in [-0.4, -0.2) is 24.1 Å². The highest BCUT2D eigenvalue weighted by Crippen LogP contribution is 2.43. The number of hydrogen-bond donors (Lipinski definition) is 0. The smallest absolute Gasteiger partial charge is 0.309 e. The number of aromatic nitrogens is 5. The lowest BCUT2D eigenvalue weighted by Crippen LogP contribution is -2.10. The molecule has 0 atom stereocenters. The summed E-state index contributed by atoms with van der Waals surface area (Å²) in [5.41, 5.74) is 8.19. The standard InChI is InChI=1S/C61H39F6N5/c1-36-16-20-38(21-17-36)41-24-28-53-47(32-41)45-12-6-8-14-51(45)71(53)55-30-26-43(60(62,63)64)34-49(55)58-68-57(40-10-4-3-5-11-40)69-59(70-58)50-35-44(61(65,66)67)27-31-56(50)72-52-15-9-7-13-46(52)48-33-42(25-29-54(48)72)39-22-18-37(2)19-23-39/h3-35H,1-2H3. The maximum atomic E-state index is 15.0. The van der Waals surface area contributed by atoms with Crippen LogP contribution in [0.5, 0.6) is 0 Å². The molecule has 0 spiro atoms. The zero-order chi connectivity index (χ0) is 49.5. The van der Waals surface area contributed by atoms with Gasteiger partial charge in [0.2, 0.25) is 0 Å². The van der Waals surface area contributed by atoms with Crippen LogP contribution in [0.25, 0.3) is 111 Å². The van der Waals surface area contributed by atoms with Gasteiger partial charge in [0.05, 0.1) is 44.6 Å². The SMILES string of the molecule is Cc1ccc(-c2ccc3c(c2)c2ccccc2n3-c2ccc(C(F)(F)F)cc2-c2nc(-c3ccccc3)nc(-c3cc(C(F)(F)F)ccc3-n3c4ccccc4c4cc(-c5ccc(C)cc5)ccc43)n2)cc1. The first kappa shape index (κ1) is 44.4. The summed E-state index contributed by atoms with van der Waals surface area (Å²) in [6.45, 7) is 4.04. The molecule has 5 nitrogen and oxygen atoms in total. The summed E-state index contributed by atoms with van der Waals surface area (Å²) in [6, 6.07) is 59.3. The number of nitrogens with zero attached hydrogens (tertiary/aromatic N) is 5. The summed E-state index contributed by atoms with van der Waals surface area (Å²) in [5, 5.41) is 3.45. The number of alkyl halides is 6. The third kappa shape index (κ3) is 7.74. The molecule has 0 aliphatic rings.